The molecule has 1 N–H and O–H groups in total. The topological polar surface area (TPSA) is 50.9 Å². The standard InChI is InChI=1S/C22H27N3O/c1-3-5-10-19-21(18-9-7-8-11-20(18)26)22(17-12-14-23-15-13-17)25(24-19)16-6-4-2/h7-9,11-15,26H,3-6,10,16H2,1-2H3. The van der Waals surface area contributed by atoms with Gasteiger partial charge in [-0.05, 0) is 37.5 Å². The van der Waals surface area contributed by atoms with E-state index in [2.05, 4.69) is 23.5 Å². The molecule has 0 unspecified atom stereocenters. The molecule has 2 heterocycles. The summed E-state index contributed by atoms with van der Waals surface area (Å²) in [5.74, 6) is 0.301. The van der Waals surface area contributed by atoms with Crippen molar-refractivity contribution in [3.63, 3.8) is 0 Å². The number of benzene rings is 1. The lowest BCUT2D eigenvalue weighted by molar-refractivity contribution is 0.477. The first-order valence-electron chi connectivity index (χ1n) is 9.54. The van der Waals surface area contributed by atoms with Crippen molar-refractivity contribution in [2.75, 3.05) is 0 Å². The maximum atomic E-state index is 10.5. The molecule has 136 valence electrons. The van der Waals surface area contributed by atoms with Gasteiger partial charge >= 0.3 is 0 Å². The second kappa shape index (κ2) is 8.65. The highest BCUT2D eigenvalue weighted by atomic mass is 16.3. The molecule has 0 aliphatic carbocycles. The van der Waals surface area contributed by atoms with Crippen molar-refractivity contribution < 1.29 is 5.11 Å². The first-order chi connectivity index (χ1) is 12.8. The minimum Gasteiger partial charge on any atom is -0.507 e. The average molecular weight is 349 g/mol. The van der Waals surface area contributed by atoms with E-state index in [4.69, 9.17) is 5.10 Å². The second-order valence-electron chi connectivity index (χ2n) is 6.60. The van der Waals surface area contributed by atoms with Gasteiger partial charge in [-0.3, -0.25) is 9.67 Å². The summed E-state index contributed by atoms with van der Waals surface area (Å²) in [6.45, 7) is 5.26. The number of aromatic nitrogens is 3. The summed E-state index contributed by atoms with van der Waals surface area (Å²) in [6, 6.07) is 11.6. The van der Waals surface area contributed by atoms with Crippen LogP contribution >= 0.6 is 0 Å². The Morgan fingerprint density at radius 3 is 2.38 bits per heavy atom. The number of rotatable bonds is 8. The molecule has 4 nitrogen and oxygen atoms in total. The molecule has 0 aliphatic rings. The fraction of sp³-hybridized carbons (Fsp3) is 0.364. The molecule has 0 saturated heterocycles. The Labute approximate surface area is 155 Å². The quantitative estimate of drug-likeness (QED) is 0.587. The van der Waals surface area contributed by atoms with E-state index in [0.29, 0.717) is 5.75 Å². The summed E-state index contributed by atoms with van der Waals surface area (Å²) in [5.41, 5.74) is 5.14. The number of phenols is 1. The van der Waals surface area contributed by atoms with E-state index in [-0.39, 0.29) is 0 Å². The van der Waals surface area contributed by atoms with Crippen molar-refractivity contribution in [3.8, 4) is 28.1 Å². The van der Waals surface area contributed by atoms with Crippen LogP contribution in [-0.4, -0.2) is 19.9 Å². The zero-order valence-electron chi connectivity index (χ0n) is 15.7. The lowest BCUT2D eigenvalue weighted by atomic mass is 9.96. The van der Waals surface area contributed by atoms with Crippen LogP contribution < -0.4 is 0 Å². The van der Waals surface area contributed by atoms with Gasteiger partial charge in [-0.15, -0.1) is 0 Å². The van der Waals surface area contributed by atoms with E-state index in [9.17, 15) is 5.11 Å². The van der Waals surface area contributed by atoms with Gasteiger partial charge in [0.25, 0.3) is 0 Å². The third-order valence-corrected chi connectivity index (χ3v) is 4.64. The number of aryl methyl sites for hydroxylation is 2. The van der Waals surface area contributed by atoms with E-state index in [1.54, 1.807) is 6.07 Å². The van der Waals surface area contributed by atoms with Crippen LogP contribution in [0.5, 0.6) is 5.75 Å². The molecule has 2 aromatic heterocycles. The van der Waals surface area contributed by atoms with E-state index < -0.39 is 0 Å². The molecule has 26 heavy (non-hydrogen) atoms. The summed E-state index contributed by atoms with van der Waals surface area (Å²) in [5, 5.41) is 15.5. The van der Waals surface area contributed by atoms with Gasteiger partial charge < -0.3 is 5.11 Å². The van der Waals surface area contributed by atoms with Gasteiger partial charge in [-0.25, -0.2) is 0 Å². The van der Waals surface area contributed by atoms with Crippen LogP contribution in [0, 0.1) is 0 Å². The molecule has 0 atom stereocenters. The molecule has 3 rings (SSSR count). The molecular weight excluding hydrogens is 322 g/mol. The molecule has 0 radical (unpaired) electrons. The monoisotopic (exact) mass is 349 g/mol. The van der Waals surface area contributed by atoms with Crippen molar-refractivity contribution in [1.29, 1.82) is 0 Å². The fourth-order valence-corrected chi connectivity index (χ4v) is 3.27. The Bertz CT molecular complexity index is 840. The third kappa shape index (κ3) is 3.79. The predicted octanol–water partition coefficient (Wildman–Crippen LogP) is 5.46. The number of hydrogen-bond donors (Lipinski definition) is 1. The van der Waals surface area contributed by atoms with Crippen LogP contribution in [0.3, 0.4) is 0 Å². The SMILES string of the molecule is CCCCc1nn(CCCC)c(-c2ccncc2)c1-c1ccccc1O. The number of para-hydroxylation sites is 1. The van der Waals surface area contributed by atoms with Crippen molar-refractivity contribution in [2.45, 2.75) is 52.5 Å². The summed E-state index contributed by atoms with van der Waals surface area (Å²) >= 11 is 0. The molecule has 3 aromatic rings. The van der Waals surface area contributed by atoms with Gasteiger partial charge in [-0.1, -0.05) is 44.9 Å². The van der Waals surface area contributed by atoms with Crippen molar-refractivity contribution in [1.82, 2.24) is 14.8 Å². The Morgan fingerprint density at radius 2 is 1.69 bits per heavy atom. The van der Waals surface area contributed by atoms with E-state index in [0.717, 1.165) is 66.7 Å². The lowest BCUT2D eigenvalue weighted by Crippen LogP contribution is -2.03. The first-order valence-corrected chi connectivity index (χ1v) is 9.54. The molecule has 4 heteroatoms. The van der Waals surface area contributed by atoms with Crippen LogP contribution in [0.25, 0.3) is 22.4 Å². The molecule has 0 fully saturated rings. The largest absolute Gasteiger partial charge is 0.507 e. The number of hydrogen-bond acceptors (Lipinski definition) is 3. The van der Waals surface area contributed by atoms with E-state index >= 15 is 0 Å². The molecule has 1 aromatic carbocycles. The third-order valence-electron chi connectivity index (χ3n) is 4.64. The van der Waals surface area contributed by atoms with E-state index in [1.807, 2.05) is 42.7 Å². The Hall–Kier alpha value is -2.62. The maximum absolute atomic E-state index is 10.5. The lowest BCUT2D eigenvalue weighted by Gasteiger charge is -2.11. The Morgan fingerprint density at radius 1 is 0.962 bits per heavy atom. The van der Waals surface area contributed by atoms with Crippen LogP contribution in [0.4, 0.5) is 0 Å². The number of pyridine rings is 1. The molecular formula is C22H27N3O. The normalized spacial score (nSPS) is 11.0. The minimum atomic E-state index is 0.301. The average Bonchev–Trinajstić information content (AvgIpc) is 3.04. The number of phenolic OH excluding ortho intramolecular Hbond substituents is 1. The maximum Gasteiger partial charge on any atom is 0.123 e. The highest BCUT2D eigenvalue weighted by Gasteiger charge is 2.22. The van der Waals surface area contributed by atoms with Crippen LogP contribution in [0.15, 0.2) is 48.8 Å². The Kier molecular flexibility index (Phi) is 6.05. The fourth-order valence-electron chi connectivity index (χ4n) is 3.27. The zero-order chi connectivity index (χ0) is 18.4. The summed E-state index contributed by atoms with van der Waals surface area (Å²) < 4.78 is 2.12. The van der Waals surface area contributed by atoms with Crippen molar-refractivity contribution >= 4 is 0 Å². The van der Waals surface area contributed by atoms with Gasteiger partial charge in [0.05, 0.1) is 11.4 Å². The van der Waals surface area contributed by atoms with Crippen LogP contribution in [0.1, 0.15) is 45.2 Å². The van der Waals surface area contributed by atoms with Gasteiger partial charge in [0.2, 0.25) is 0 Å². The van der Waals surface area contributed by atoms with Crippen LogP contribution in [-0.2, 0) is 13.0 Å². The van der Waals surface area contributed by atoms with Gasteiger partial charge in [0, 0.05) is 35.6 Å². The molecule has 0 aliphatic heterocycles. The number of nitrogens with zero attached hydrogens (tertiary/aromatic N) is 3. The smallest absolute Gasteiger partial charge is 0.123 e. The number of unbranched alkanes of at least 4 members (excludes halogenated alkanes) is 2. The zero-order valence-corrected chi connectivity index (χ0v) is 15.7. The molecule has 0 amide bonds. The molecule has 0 spiro atoms. The molecule has 0 bridgehead atoms. The summed E-state index contributed by atoms with van der Waals surface area (Å²) in [4.78, 5) is 4.16. The summed E-state index contributed by atoms with van der Waals surface area (Å²) in [7, 11) is 0. The Balaban J connectivity index is 2.23. The van der Waals surface area contributed by atoms with Crippen LogP contribution in [0.2, 0.25) is 0 Å². The molecule has 0 saturated carbocycles. The highest BCUT2D eigenvalue weighted by Crippen LogP contribution is 2.39. The van der Waals surface area contributed by atoms with E-state index in [1.165, 1.54) is 0 Å². The number of aromatic hydroxyl groups is 1. The second-order valence-corrected chi connectivity index (χ2v) is 6.60. The van der Waals surface area contributed by atoms with Gasteiger partial charge in [0.15, 0.2) is 0 Å². The summed E-state index contributed by atoms with van der Waals surface area (Å²) in [6.07, 6.45) is 8.93. The van der Waals surface area contributed by atoms with Crippen molar-refractivity contribution in [2.24, 2.45) is 0 Å². The van der Waals surface area contributed by atoms with Gasteiger partial charge in [0.1, 0.15) is 5.75 Å². The predicted molar refractivity (Wildman–Crippen MR) is 106 cm³/mol. The first kappa shape index (κ1) is 18.2. The minimum absolute atomic E-state index is 0.301. The van der Waals surface area contributed by atoms with Crippen molar-refractivity contribution in [3.05, 3.63) is 54.5 Å². The highest BCUT2D eigenvalue weighted by molar-refractivity contribution is 5.85. The van der Waals surface area contributed by atoms with Gasteiger partial charge in [-0.2, -0.15) is 5.10 Å².